The van der Waals surface area contributed by atoms with Gasteiger partial charge in [0, 0.05) is 100 Å². The molecule has 3 aromatic rings. The lowest BCUT2D eigenvalue weighted by Gasteiger charge is -2.35. The summed E-state index contributed by atoms with van der Waals surface area (Å²) in [7, 11) is 3.07. The maximum absolute atomic E-state index is 13.7. The number of hydrogen-bond donors (Lipinski definition) is 2. The number of methoxy groups -OCH3 is 2. The van der Waals surface area contributed by atoms with Crippen LogP contribution in [0.4, 0.5) is 16.2 Å². The first-order chi connectivity index (χ1) is 34.3. The highest BCUT2D eigenvalue weighted by Crippen LogP contribution is 2.41. The molecule has 71 heavy (non-hydrogen) atoms. The lowest BCUT2D eigenvalue weighted by Crippen LogP contribution is -2.53. The number of pyridine rings is 1. The zero-order valence-electron chi connectivity index (χ0n) is 41.7. The van der Waals surface area contributed by atoms with Gasteiger partial charge in [-0.05, 0) is 59.6 Å². The molecule has 0 bridgehead atoms. The highest BCUT2D eigenvalue weighted by Gasteiger charge is 2.36. The first-order valence-corrected chi connectivity index (χ1v) is 25.2. The fourth-order valence-corrected chi connectivity index (χ4v) is 9.91. The van der Waals surface area contributed by atoms with Crippen molar-refractivity contribution in [2.75, 3.05) is 85.5 Å². The number of carbonyl (C=O) groups excluding carboxylic acids is 4. The van der Waals surface area contributed by atoms with E-state index in [0.29, 0.717) is 134 Å². The number of amides is 5. The van der Waals surface area contributed by atoms with E-state index in [1.807, 2.05) is 73.9 Å². The van der Waals surface area contributed by atoms with Crippen LogP contribution in [0.2, 0.25) is 0 Å². The number of aliphatic imine (C=N–C) groups is 2. The smallest absolute Gasteiger partial charge is 0.317 e. The molecule has 2 aromatic carbocycles. The summed E-state index contributed by atoms with van der Waals surface area (Å²) in [5.74, 6) is 2.24. The lowest BCUT2D eigenvalue weighted by molar-refractivity contribution is -0.118. The van der Waals surface area contributed by atoms with E-state index >= 15 is 0 Å². The summed E-state index contributed by atoms with van der Waals surface area (Å²) in [5.41, 5.74) is 5.38. The highest BCUT2D eigenvalue weighted by atomic mass is 32.2. The van der Waals surface area contributed by atoms with E-state index in [-0.39, 0.29) is 53.8 Å². The van der Waals surface area contributed by atoms with Gasteiger partial charge in [-0.15, -0.1) is 11.8 Å². The van der Waals surface area contributed by atoms with E-state index < -0.39 is 0 Å². The Morgan fingerprint density at radius 2 is 1.28 bits per heavy atom. The monoisotopic (exact) mass is 991 g/mol. The van der Waals surface area contributed by atoms with Crippen LogP contribution in [-0.2, 0) is 18.0 Å². The van der Waals surface area contributed by atoms with Crippen molar-refractivity contribution in [1.82, 2.24) is 35.2 Å². The second-order valence-corrected chi connectivity index (χ2v) is 20.3. The zero-order chi connectivity index (χ0) is 50.2. The number of piperazine rings is 1. The molecule has 0 aliphatic carbocycles. The number of fused-ring (bicyclic) bond motifs is 4. The SMILES string of the molecule is C/C=C1\C[C@H]2C=Nc3cc(OCc4cc(OCCN5CCN(C(=O)NCC(C)(C)SCC(=O)NCC)CC5)cc(COc5cc6c(cc5OC)C(=O)N5C/C(=C/C)C[C@H]5C=N6)n4)c(OC)cc3C(=O)N2C1. The van der Waals surface area contributed by atoms with Gasteiger partial charge < -0.3 is 49.0 Å². The third-order valence-corrected chi connectivity index (χ3v) is 14.6. The molecule has 18 nitrogen and oxygen atoms in total. The van der Waals surface area contributed by atoms with Crippen LogP contribution in [0.1, 0.15) is 79.6 Å². The van der Waals surface area contributed by atoms with E-state index in [4.69, 9.17) is 38.7 Å². The summed E-state index contributed by atoms with van der Waals surface area (Å²) in [4.78, 5) is 74.7. The number of thioether (sulfide) groups is 1. The minimum Gasteiger partial charge on any atom is -0.493 e. The molecular formula is C52H65N9O9S. The molecule has 5 amide bonds. The third kappa shape index (κ3) is 12.1. The first kappa shape index (κ1) is 50.8. The van der Waals surface area contributed by atoms with Crippen molar-refractivity contribution in [3.8, 4) is 28.7 Å². The van der Waals surface area contributed by atoms with Crippen molar-refractivity contribution in [2.45, 2.75) is 77.5 Å². The number of allylic oxidation sites excluding steroid dienone is 2. The molecule has 5 aliphatic heterocycles. The topological polar surface area (TPSA) is 189 Å². The van der Waals surface area contributed by atoms with Crippen LogP contribution in [0.3, 0.4) is 0 Å². The molecule has 0 radical (unpaired) electrons. The quantitative estimate of drug-likeness (QED) is 0.134. The Bertz CT molecular complexity index is 2490. The fraction of sp³-hybridized carbons (Fsp3) is 0.481. The Morgan fingerprint density at radius 1 is 0.746 bits per heavy atom. The molecule has 0 spiro atoms. The van der Waals surface area contributed by atoms with Gasteiger partial charge in [0.05, 0.1) is 65.9 Å². The molecule has 378 valence electrons. The van der Waals surface area contributed by atoms with Crippen LogP contribution in [0, 0.1) is 0 Å². The molecular weight excluding hydrogens is 927 g/mol. The Kier molecular flexibility index (Phi) is 16.2. The molecule has 3 fully saturated rings. The van der Waals surface area contributed by atoms with Gasteiger partial charge in [-0.3, -0.25) is 34.3 Å². The summed E-state index contributed by atoms with van der Waals surface area (Å²) in [6.45, 7) is 15.6. The maximum atomic E-state index is 13.7. The third-order valence-electron chi connectivity index (χ3n) is 13.2. The maximum Gasteiger partial charge on any atom is 0.317 e. The van der Waals surface area contributed by atoms with Crippen molar-refractivity contribution >= 4 is 59.3 Å². The number of carbonyl (C=O) groups is 4. The summed E-state index contributed by atoms with van der Waals surface area (Å²) in [5, 5.41) is 5.87. The summed E-state index contributed by atoms with van der Waals surface area (Å²) < 4.78 is 30.4. The molecule has 5 aliphatic rings. The van der Waals surface area contributed by atoms with E-state index in [1.54, 1.807) is 24.3 Å². The normalized spacial score (nSPS) is 19.7. The Morgan fingerprint density at radius 3 is 1.77 bits per heavy atom. The lowest BCUT2D eigenvalue weighted by atomic mass is 10.1. The van der Waals surface area contributed by atoms with Gasteiger partial charge in [-0.25, -0.2) is 4.79 Å². The zero-order valence-corrected chi connectivity index (χ0v) is 42.6. The largest absolute Gasteiger partial charge is 0.493 e. The van der Waals surface area contributed by atoms with Crippen molar-refractivity contribution in [3.63, 3.8) is 0 Å². The standard InChI is InChI=1S/C52H65N9O9S/c1-8-33-17-37-25-54-42-23-46(44(66-6)21-40(42)49(63)60(37)27-33)69-29-35-19-39(68-16-15-58-11-13-59(14-12-58)51(65)56-32-52(4,5)71-31-48(62)53-10-3)20-36(57-35)30-70-47-24-43-41(22-45(47)67-7)50(64)61-28-34(9-2)18-38(61)26-55-43/h8-9,19-26,37-38H,10-18,27-32H2,1-7H3,(H,53,62)(H,56,65)/b33-8+,34-9+/t37-,38-/m0/s1. The van der Waals surface area contributed by atoms with Crippen LogP contribution in [0.25, 0.3) is 0 Å². The van der Waals surface area contributed by atoms with Crippen molar-refractivity contribution < 1.29 is 42.9 Å². The Hall–Kier alpha value is -6.60. The van der Waals surface area contributed by atoms with Crippen LogP contribution >= 0.6 is 11.8 Å². The van der Waals surface area contributed by atoms with Crippen LogP contribution in [0.15, 0.2) is 69.7 Å². The minimum atomic E-state index is -0.302. The molecule has 2 atom stereocenters. The average molecular weight is 992 g/mol. The van der Waals surface area contributed by atoms with E-state index in [2.05, 4.69) is 27.7 Å². The summed E-state index contributed by atoms with van der Waals surface area (Å²) in [6.07, 6.45) is 9.27. The van der Waals surface area contributed by atoms with Gasteiger partial charge >= 0.3 is 6.03 Å². The van der Waals surface area contributed by atoms with Gasteiger partial charge in [0.1, 0.15) is 25.6 Å². The average Bonchev–Trinajstić information content (AvgIpc) is 3.95. The molecule has 6 heterocycles. The number of nitrogens with zero attached hydrogens (tertiary/aromatic N) is 7. The second-order valence-electron chi connectivity index (χ2n) is 18.6. The number of aromatic nitrogens is 1. The molecule has 1 aromatic heterocycles. The predicted molar refractivity (Wildman–Crippen MR) is 274 cm³/mol. The molecule has 0 unspecified atom stereocenters. The molecule has 3 saturated heterocycles. The number of rotatable bonds is 18. The molecule has 2 N–H and O–H groups in total. The van der Waals surface area contributed by atoms with Gasteiger partial charge in [0.2, 0.25) is 5.91 Å². The Labute approximate surface area is 419 Å². The molecule has 0 saturated carbocycles. The van der Waals surface area contributed by atoms with Gasteiger partial charge in [0.25, 0.3) is 11.8 Å². The van der Waals surface area contributed by atoms with Crippen LogP contribution < -0.4 is 34.3 Å². The fourth-order valence-electron chi connectivity index (χ4n) is 9.11. The van der Waals surface area contributed by atoms with Crippen molar-refractivity contribution in [2.24, 2.45) is 9.98 Å². The molecule has 8 rings (SSSR count). The van der Waals surface area contributed by atoms with E-state index in [1.165, 1.54) is 37.1 Å². The van der Waals surface area contributed by atoms with Crippen molar-refractivity contribution in [3.05, 3.63) is 82.2 Å². The number of hydrogen-bond acceptors (Lipinski definition) is 14. The number of ether oxygens (including phenoxy) is 5. The minimum absolute atomic E-state index is 0.0138. The van der Waals surface area contributed by atoms with Crippen LogP contribution in [-0.4, -0.2) is 163 Å². The van der Waals surface area contributed by atoms with Gasteiger partial charge in [-0.2, -0.15) is 0 Å². The highest BCUT2D eigenvalue weighted by molar-refractivity contribution is 8.01. The number of urea groups is 1. The van der Waals surface area contributed by atoms with Crippen molar-refractivity contribution in [1.29, 1.82) is 0 Å². The number of nitrogens with one attached hydrogen (secondary N) is 2. The van der Waals surface area contributed by atoms with Crippen LogP contribution in [0.5, 0.6) is 28.7 Å². The first-order valence-electron chi connectivity index (χ1n) is 24.2. The van der Waals surface area contributed by atoms with E-state index in [9.17, 15) is 19.2 Å². The second kappa shape index (κ2) is 22.6. The summed E-state index contributed by atoms with van der Waals surface area (Å²) >= 11 is 1.52. The number of benzene rings is 2. The van der Waals surface area contributed by atoms with Gasteiger partial charge in [0.15, 0.2) is 23.0 Å². The van der Waals surface area contributed by atoms with Gasteiger partial charge in [-0.1, -0.05) is 23.3 Å². The predicted octanol–water partition coefficient (Wildman–Crippen LogP) is 6.36. The summed E-state index contributed by atoms with van der Waals surface area (Å²) in [6, 6.07) is 10.1. The Balaban J connectivity index is 0.946. The van der Waals surface area contributed by atoms with E-state index in [0.717, 1.165) is 12.8 Å². The molecule has 19 heteroatoms.